The Bertz CT molecular complexity index is 734. The van der Waals surface area contributed by atoms with Crippen LogP contribution in [0.4, 0.5) is 0 Å². The van der Waals surface area contributed by atoms with Gasteiger partial charge < -0.3 is 9.47 Å². The Morgan fingerprint density at radius 1 is 0.727 bits per heavy atom. The molecule has 4 heteroatoms. The third-order valence-corrected chi connectivity index (χ3v) is 3.91. The highest BCUT2D eigenvalue weighted by Gasteiger charge is 2.33. The van der Waals surface area contributed by atoms with E-state index in [9.17, 15) is 9.59 Å². The Hall–Kier alpha value is -2.62. The van der Waals surface area contributed by atoms with Crippen LogP contribution < -0.4 is 0 Å². The molecule has 1 aliphatic rings. The van der Waals surface area contributed by atoms with Crippen LogP contribution in [0.1, 0.15) is 31.8 Å². The molecule has 0 heterocycles. The Labute approximate surface area is 128 Å². The average molecular weight is 296 g/mol. The Morgan fingerprint density at radius 2 is 1.09 bits per heavy atom. The number of carbonyl (C=O) groups is 2. The Balaban J connectivity index is 2.28. The molecule has 4 nitrogen and oxygen atoms in total. The molecule has 0 atom stereocenters. The highest BCUT2D eigenvalue weighted by Crippen LogP contribution is 2.51. The molecule has 0 fully saturated rings. The first-order chi connectivity index (χ1) is 10.5. The molecule has 22 heavy (non-hydrogen) atoms. The predicted octanol–water partition coefficient (Wildman–Crippen LogP) is 3.52. The lowest BCUT2D eigenvalue weighted by atomic mass is 9.74. The number of aryl methyl sites for hydroxylation is 2. The summed E-state index contributed by atoms with van der Waals surface area (Å²) in [7, 11) is 2.74. The van der Waals surface area contributed by atoms with E-state index in [2.05, 4.69) is 0 Å². The van der Waals surface area contributed by atoms with Crippen LogP contribution >= 0.6 is 0 Å². The number of fused-ring (bicyclic) bond motifs is 4. The minimum atomic E-state index is -0.369. The quantitative estimate of drug-likeness (QED) is 0.679. The van der Waals surface area contributed by atoms with Gasteiger partial charge in [-0.05, 0) is 48.2 Å². The molecule has 2 aromatic carbocycles. The fraction of sp³-hybridized carbons (Fsp3) is 0.222. The number of esters is 2. The zero-order chi connectivity index (χ0) is 16.0. The SMILES string of the molecule is COC(=O)c1cc(C)cc2c1-c1cc(C)cc(C(=O)OC)c1-2. The molecular weight excluding hydrogens is 280 g/mol. The van der Waals surface area contributed by atoms with Gasteiger partial charge in [-0.2, -0.15) is 0 Å². The summed E-state index contributed by atoms with van der Waals surface area (Å²) >= 11 is 0. The molecular formula is C18H16O4. The van der Waals surface area contributed by atoms with Crippen LogP contribution in [0.25, 0.3) is 22.3 Å². The number of ether oxygens (including phenoxy) is 2. The summed E-state index contributed by atoms with van der Waals surface area (Å²) in [6.07, 6.45) is 0. The molecule has 0 aromatic heterocycles. The minimum absolute atomic E-state index is 0.369. The van der Waals surface area contributed by atoms with Gasteiger partial charge in [0, 0.05) is 11.1 Å². The van der Waals surface area contributed by atoms with E-state index in [0.29, 0.717) is 11.1 Å². The first-order valence-corrected chi connectivity index (χ1v) is 6.94. The lowest BCUT2D eigenvalue weighted by molar-refractivity contribution is 0.0594. The summed E-state index contributed by atoms with van der Waals surface area (Å²) in [6, 6.07) is 7.58. The summed E-state index contributed by atoms with van der Waals surface area (Å²) in [5.74, 6) is -0.738. The van der Waals surface area contributed by atoms with E-state index in [1.807, 2.05) is 38.1 Å². The maximum absolute atomic E-state index is 12.0. The lowest BCUT2D eigenvalue weighted by Gasteiger charge is -2.29. The first-order valence-electron chi connectivity index (χ1n) is 6.94. The molecule has 112 valence electrons. The number of rotatable bonds is 2. The zero-order valence-electron chi connectivity index (χ0n) is 12.9. The van der Waals surface area contributed by atoms with Gasteiger partial charge in [0.25, 0.3) is 0 Å². The van der Waals surface area contributed by atoms with Crippen LogP contribution in [0.2, 0.25) is 0 Å². The van der Waals surface area contributed by atoms with Gasteiger partial charge in [0.15, 0.2) is 0 Å². The first kappa shape index (κ1) is 14.3. The van der Waals surface area contributed by atoms with E-state index in [4.69, 9.17) is 9.47 Å². The van der Waals surface area contributed by atoms with Gasteiger partial charge in [-0.15, -0.1) is 0 Å². The fourth-order valence-electron chi connectivity index (χ4n) is 3.03. The van der Waals surface area contributed by atoms with E-state index in [1.165, 1.54) is 14.2 Å². The summed E-state index contributed by atoms with van der Waals surface area (Å²) < 4.78 is 9.75. The van der Waals surface area contributed by atoms with Crippen molar-refractivity contribution in [3.8, 4) is 22.3 Å². The molecule has 0 spiro atoms. The highest BCUT2D eigenvalue weighted by atomic mass is 16.5. The van der Waals surface area contributed by atoms with Crippen molar-refractivity contribution in [2.75, 3.05) is 14.2 Å². The van der Waals surface area contributed by atoms with Gasteiger partial charge >= 0.3 is 11.9 Å². The predicted molar refractivity (Wildman–Crippen MR) is 83.0 cm³/mol. The van der Waals surface area contributed by atoms with Gasteiger partial charge in [0.05, 0.1) is 25.3 Å². The standard InChI is InChI=1S/C18H16O4/c1-9-5-11-15(13(7-9)17(19)21-3)12-6-10(2)8-14(16(11)12)18(20)22-4/h5-8H,1-4H3. The summed E-state index contributed by atoms with van der Waals surface area (Å²) in [5, 5.41) is 0. The van der Waals surface area contributed by atoms with Gasteiger partial charge in [0.2, 0.25) is 0 Å². The van der Waals surface area contributed by atoms with Crippen LogP contribution in [-0.4, -0.2) is 26.2 Å². The molecule has 0 N–H and O–H groups in total. The highest BCUT2D eigenvalue weighted by molar-refractivity contribution is 6.17. The van der Waals surface area contributed by atoms with Gasteiger partial charge in [-0.25, -0.2) is 9.59 Å². The number of methoxy groups -OCH3 is 2. The van der Waals surface area contributed by atoms with Gasteiger partial charge in [-0.3, -0.25) is 0 Å². The molecule has 0 radical (unpaired) electrons. The summed E-state index contributed by atoms with van der Waals surface area (Å²) in [4.78, 5) is 24.1. The van der Waals surface area contributed by atoms with E-state index in [-0.39, 0.29) is 11.9 Å². The lowest BCUT2D eigenvalue weighted by Crippen LogP contribution is -2.15. The third kappa shape index (κ3) is 1.91. The largest absolute Gasteiger partial charge is 0.465 e. The number of benzene rings is 2. The Kier molecular flexibility index (Phi) is 3.24. The average Bonchev–Trinajstić information content (AvgIpc) is 2.50. The number of hydrogen-bond acceptors (Lipinski definition) is 4. The normalized spacial score (nSPS) is 11.1. The van der Waals surface area contributed by atoms with E-state index in [1.54, 1.807) is 0 Å². The Morgan fingerprint density at radius 3 is 1.41 bits per heavy atom. The van der Waals surface area contributed by atoms with Crippen molar-refractivity contribution in [2.45, 2.75) is 13.8 Å². The number of hydrogen-bond donors (Lipinski definition) is 0. The maximum atomic E-state index is 12.0. The molecule has 0 unspecified atom stereocenters. The second-order valence-electron chi connectivity index (χ2n) is 5.45. The van der Waals surface area contributed by atoms with Crippen molar-refractivity contribution in [3.05, 3.63) is 46.5 Å². The smallest absolute Gasteiger partial charge is 0.338 e. The molecule has 1 aliphatic carbocycles. The van der Waals surface area contributed by atoms with Crippen molar-refractivity contribution in [1.82, 2.24) is 0 Å². The molecule has 0 saturated heterocycles. The van der Waals surface area contributed by atoms with Crippen molar-refractivity contribution >= 4 is 11.9 Å². The minimum Gasteiger partial charge on any atom is -0.465 e. The van der Waals surface area contributed by atoms with Crippen molar-refractivity contribution in [3.63, 3.8) is 0 Å². The van der Waals surface area contributed by atoms with Crippen LogP contribution in [0.5, 0.6) is 0 Å². The van der Waals surface area contributed by atoms with E-state index >= 15 is 0 Å². The topological polar surface area (TPSA) is 52.6 Å². The summed E-state index contributed by atoms with van der Waals surface area (Å²) in [6.45, 7) is 3.83. The second-order valence-corrected chi connectivity index (χ2v) is 5.45. The van der Waals surface area contributed by atoms with Crippen molar-refractivity contribution in [1.29, 1.82) is 0 Å². The monoisotopic (exact) mass is 296 g/mol. The molecule has 0 bridgehead atoms. The van der Waals surface area contributed by atoms with E-state index in [0.717, 1.165) is 33.4 Å². The van der Waals surface area contributed by atoms with Crippen molar-refractivity contribution < 1.29 is 19.1 Å². The fourth-order valence-corrected chi connectivity index (χ4v) is 3.03. The van der Waals surface area contributed by atoms with Crippen LogP contribution in [-0.2, 0) is 9.47 Å². The molecule has 3 rings (SSSR count). The van der Waals surface area contributed by atoms with E-state index < -0.39 is 0 Å². The van der Waals surface area contributed by atoms with Crippen LogP contribution in [0.15, 0.2) is 24.3 Å². The van der Waals surface area contributed by atoms with Crippen molar-refractivity contribution in [2.24, 2.45) is 0 Å². The zero-order valence-corrected chi connectivity index (χ0v) is 12.9. The summed E-state index contributed by atoms with van der Waals surface area (Å²) in [5.41, 5.74) is 6.45. The number of carbonyl (C=O) groups excluding carboxylic acids is 2. The molecule has 0 aliphatic heterocycles. The molecule has 0 amide bonds. The second kappa shape index (κ2) is 4.98. The van der Waals surface area contributed by atoms with Crippen LogP contribution in [0, 0.1) is 13.8 Å². The molecule has 0 saturated carbocycles. The third-order valence-electron chi connectivity index (χ3n) is 3.91. The van der Waals surface area contributed by atoms with Gasteiger partial charge in [-0.1, -0.05) is 12.1 Å². The molecule has 2 aromatic rings. The van der Waals surface area contributed by atoms with Crippen LogP contribution in [0.3, 0.4) is 0 Å². The maximum Gasteiger partial charge on any atom is 0.338 e. The van der Waals surface area contributed by atoms with Gasteiger partial charge in [0.1, 0.15) is 0 Å².